The van der Waals surface area contributed by atoms with Crippen molar-refractivity contribution in [2.75, 3.05) is 19.1 Å². The third kappa shape index (κ3) is 2.45. The molecule has 0 bridgehead atoms. The van der Waals surface area contributed by atoms with E-state index < -0.39 is 6.03 Å². The minimum absolute atomic E-state index is 0.418. The summed E-state index contributed by atoms with van der Waals surface area (Å²) in [6.07, 6.45) is 0. The van der Waals surface area contributed by atoms with Crippen LogP contribution in [0.1, 0.15) is 25.3 Å². The van der Waals surface area contributed by atoms with Gasteiger partial charge in [0.05, 0.1) is 12.8 Å². The Balaban J connectivity index is 3.16. The molecular formula is C12H18N2O2. The van der Waals surface area contributed by atoms with E-state index in [9.17, 15) is 4.79 Å². The van der Waals surface area contributed by atoms with E-state index in [1.165, 1.54) is 10.5 Å². The molecule has 2 N–H and O–H groups in total. The van der Waals surface area contributed by atoms with Crippen molar-refractivity contribution in [1.29, 1.82) is 0 Å². The lowest BCUT2D eigenvalue weighted by Gasteiger charge is -2.19. The van der Waals surface area contributed by atoms with Gasteiger partial charge in [-0.05, 0) is 23.6 Å². The molecule has 4 heteroatoms. The van der Waals surface area contributed by atoms with E-state index in [1.54, 1.807) is 14.2 Å². The minimum Gasteiger partial charge on any atom is -0.495 e. The number of hydrogen-bond acceptors (Lipinski definition) is 2. The zero-order valence-corrected chi connectivity index (χ0v) is 10.2. The highest BCUT2D eigenvalue weighted by molar-refractivity contribution is 5.91. The largest absolute Gasteiger partial charge is 0.495 e. The number of urea groups is 1. The van der Waals surface area contributed by atoms with Gasteiger partial charge in [-0.3, -0.25) is 4.90 Å². The fraction of sp³-hybridized carbons (Fsp3) is 0.417. The van der Waals surface area contributed by atoms with E-state index in [4.69, 9.17) is 10.5 Å². The number of amides is 2. The zero-order valence-electron chi connectivity index (χ0n) is 10.2. The number of benzene rings is 1. The summed E-state index contributed by atoms with van der Waals surface area (Å²) in [5, 5.41) is 0. The first-order chi connectivity index (χ1) is 7.47. The van der Waals surface area contributed by atoms with Crippen molar-refractivity contribution in [1.82, 2.24) is 0 Å². The number of anilines is 1. The molecule has 0 saturated carbocycles. The van der Waals surface area contributed by atoms with Crippen LogP contribution in [0, 0.1) is 0 Å². The first-order valence-corrected chi connectivity index (χ1v) is 5.18. The Hall–Kier alpha value is -1.71. The van der Waals surface area contributed by atoms with Crippen LogP contribution in [0.15, 0.2) is 18.2 Å². The lowest BCUT2D eigenvalue weighted by atomic mass is 10.0. The van der Waals surface area contributed by atoms with Gasteiger partial charge in [-0.25, -0.2) is 4.79 Å². The predicted octanol–water partition coefficient (Wildman–Crippen LogP) is 2.33. The summed E-state index contributed by atoms with van der Waals surface area (Å²) >= 11 is 0. The van der Waals surface area contributed by atoms with E-state index >= 15 is 0 Å². The number of nitrogens with zero attached hydrogens (tertiary/aromatic N) is 1. The quantitative estimate of drug-likeness (QED) is 0.853. The summed E-state index contributed by atoms with van der Waals surface area (Å²) in [4.78, 5) is 12.4. The molecule has 0 unspecified atom stereocenters. The molecule has 0 atom stereocenters. The van der Waals surface area contributed by atoms with Crippen LogP contribution in [0.5, 0.6) is 5.75 Å². The fourth-order valence-corrected chi connectivity index (χ4v) is 1.45. The lowest BCUT2D eigenvalue weighted by molar-refractivity contribution is 0.255. The maximum atomic E-state index is 11.1. The van der Waals surface area contributed by atoms with Gasteiger partial charge in [0, 0.05) is 7.05 Å². The second-order valence-electron chi connectivity index (χ2n) is 3.98. The molecule has 0 saturated heterocycles. The summed E-state index contributed by atoms with van der Waals surface area (Å²) in [7, 11) is 3.20. The van der Waals surface area contributed by atoms with Crippen molar-refractivity contribution in [3.63, 3.8) is 0 Å². The Labute approximate surface area is 96.0 Å². The zero-order chi connectivity index (χ0) is 12.3. The molecule has 4 nitrogen and oxygen atoms in total. The molecule has 0 fully saturated rings. The molecule has 0 aliphatic rings. The van der Waals surface area contributed by atoms with Crippen molar-refractivity contribution in [3.8, 4) is 5.75 Å². The number of ether oxygens (including phenoxy) is 1. The normalized spacial score (nSPS) is 10.3. The highest BCUT2D eigenvalue weighted by Crippen LogP contribution is 2.30. The van der Waals surface area contributed by atoms with E-state index in [0.717, 1.165) is 0 Å². The molecule has 0 radical (unpaired) electrons. The number of carbonyl (C=O) groups is 1. The van der Waals surface area contributed by atoms with Gasteiger partial charge < -0.3 is 10.5 Å². The van der Waals surface area contributed by atoms with Crippen molar-refractivity contribution < 1.29 is 9.53 Å². The Kier molecular flexibility index (Phi) is 3.77. The number of methoxy groups -OCH3 is 1. The SMILES string of the molecule is COc1cc(C(C)C)ccc1N(C)C(N)=O. The Morgan fingerprint density at radius 2 is 2.06 bits per heavy atom. The van der Waals surface area contributed by atoms with Gasteiger partial charge >= 0.3 is 6.03 Å². The molecular weight excluding hydrogens is 204 g/mol. The molecule has 0 aliphatic heterocycles. The minimum atomic E-state index is -0.504. The fourth-order valence-electron chi connectivity index (χ4n) is 1.45. The smallest absolute Gasteiger partial charge is 0.319 e. The van der Waals surface area contributed by atoms with Crippen LogP contribution in [-0.2, 0) is 0 Å². The molecule has 0 aliphatic carbocycles. The number of hydrogen-bond donors (Lipinski definition) is 1. The molecule has 0 heterocycles. The van der Waals surface area contributed by atoms with E-state index in [2.05, 4.69) is 13.8 Å². The van der Waals surface area contributed by atoms with Crippen LogP contribution in [0.3, 0.4) is 0 Å². The van der Waals surface area contributed by atoms with Crippen LogP contribution < -0.4 is 15.4 Å². The van der Waals surface area contributed by atoms with Gasteiger partial charge in [0.2, 0.25) is 0 Å². The number of carbonyl (C=O) groups excluding carboxylic acids is 1. The first kappa shape index (κ1) is 12.4. The van der Waals surface area contributed by atoms with Crippen LogP contribution in [0.4, 0.5) is 10.5 Å². The highest BCUT2D eigenvalue weighted by Gasteiger charge is 2.13. The average Bonchev–Trinajstić information content (AvgIpc) is 2.26. The second kappa shape index (κ2) is 4.88. The van der Waals surface area contributed by atoms with E-state index in [0.29, 0.717) is 17.4 Å². The van der Waals surface area contributed by atoms with Crippen molar-refractivity contribution >= 4 is 11.7 Å². The Bertz CT molecular complexity index is 389. The molecule has 2 amide bonds. The molecule has 1 aromatic rings. The molecule has 1 rings (SSSR count). The number of nitrogens with two attached hydrogens (primary N) is 1. The van der Waals surface area contributed by atoms with Crippen LogP contribution in [0.25, 0.3) is 0 Å². The summed E-state index contributed by atoms with van der Waals surface area (Å²) in [6, 6.07) is 5.25. The summed E-state index contributed by atoms with van der Waals surface area (Å²) in [5.74, 6) is 1.08. The maximum absolute atomic E-state index is 11.1. The van der Waals surface area contributed by atoms with Gasteiger partial charge in [-0.2, -0.15) is 0 Å². The Morgan fingerprint density at radius 1 is 1.44 bits per heavy atom. The van der Waals surface area contributed by atoms with Gasteiger partial charge in [0.15, 0.2) is 0 Å². The predicted molar refractivity (Wildman–Crippen MR) is 65.1 cm³/mol. The molecule has 16 heavy (non-hydrogen) atoms. The van der Waals surface area contributed by atoms with Crippen molar-refractivity contribution in [2.24, 2.45) is 5.73 Å². The van der Waals surface area contributed by atoms with Crippen molar-refractivity contribution in [3.05, 3.63) is 23.8 Å². The van der Waals surface area contributed by atoms with Gasteiger partial charge in [-0.15, -0.1) is 0 Å². The van der Waals surface area contributed by atoms with Gasteiger partial charge in [0.1, 0.15) is 5.75 Å². The van der Waals surface area contributed by atoms with Gasteiger partial charge in [-0.1, -0.05) is 19.9 Å². The van der Waals surface area contributed by atoms with Gasteiger partial charge in [0.25, 0.3) is 0 Å². The Morgan fingerprint density at radius 3 is 2.50 bits per heavy atom. The first-order valence-electron chi connectivity index (χ1n) is 5.18. The maximum Gasteiger partial charge on any atom is 0.319 e. The monoisotopic (exact) mass is 222 g/mol. The third-order valence-electron chi connectivity index (χ3n) is 2.56. The van der Waals surface area contributed by atoms with Crippen LogP contribution in [-0.4, -0.2) is 20.2 Å². The lowest BCUT2D eigenvalue weighted by Crippen LogP contribution is -2.32. The number of rotatable bonds is 3. The average molecular weight is 222 g/mol. The molecule has 0 aromatic heterocycles. The summed E-state index contributed by atoms with van der Waals surface area (Å²) in [6.45, 7) is 4.21. The van der Waals surface area contributed by atoms with E-state index in [-0.39, 0.29) is 0 Å². The number of primary amides is 1. The molecule has 88 valence electrons. The highest BCUT2D eigenvalue weighted by atomic mass is 16.5. The molecule has 0 spiro atoms. The van der Waals surface area contributed by atoms with Crippen molar-refractivity contribution in [2.45, 2.75) is 19.8 Å². The second-order valence-corrected chi connectivity index (χ2v) is 3.98. The molecule has 1 aromatic carbocycles. The third-order valence-corrected chi connectivity index (χ3v) is 2.56. The summed E-state index contributed by atoms with van der Waals surface area (Å²) in [5.41, 5.74) is 7.07. The van der Waals surface area contributed by atoms with Crippen LogP contribution >= 0.6 is 0 Å². The standard InChI is InChI=1S/C12H18N2O2/c1-8(2)9-5-6-10(11(7-9)16-4)14(3)12(13)15/h5-8H,1-4H3,(H2,13,15). The topological polar surface area (TPSA) is 55.6 Å². The summed E-state index contributed by atoms with van der Waals surface area (Å²) < 4.78 is 5.26. The van der Waals surface area contributed by atoms with E-state index in [1.807, 2.05) is 18.2 Å². The van der Waals surface area contributed by atoms with Crippen LogP contribution in [0.2, 0.25) is 0 Å².